The average Bonchev–Trinajstić information content (AvgIpc) is 3.30. The summed E-state index contributed by atoms with van der Waals surface area (Å²) < 4.78 is 3.26. The number of rotatable bonds is 4. The van der Waals surface area contributed by atoms with Crippen LogP contribution >= 0.6 is 11.3 Å². The van der Waals surface area contributed by atoms with Crippen LogP contribution < -0.4 is 5.69 Å². The van der Waals surface area contributed by atoms with Crippen LogP contribution in [0.15, 0.2) is 52.0 Å². The van der Waals surface area contributed by atoms with E-state index in [4.69, 9.17) is 0 Å². The zero-order valence-electron chi connectivity index (χ0n) is 15.4. The average molecular weight is 382 g/mol. The lowest BCUT2D eigenvalue weighted by Crippen LogP contribution is -2.44. The van der Waals surface area contributed by atoms with Gasteiger partial charge in [0, 0.05) is 25.0 Å². The molecular weight excluding hydrogens is 360 g/mol. The molecule has 4 rings (SSSR count). The van der Waals surface area contributed by atoms with Gasteiger partial charge >= 0.3 is 5.69 Å². The van der Waals surface area contributed by atoms with Crippen molar-refractivity contribution >= 4 is 17.2 Å². The summed E-state index contributed by atoms with van der Waals surface area (Å²) in [6, 6.07) is 11.3. The van der Waals surface area contributed by atoms with Crippen LogP contribution in [0.2, 0.25) is 0 Å². The van der Waals surface area contributed by atoms with Crippen molar-refractivity contribution in [2.45, 2.75) is 33.0 Å². The normalized spacial score (nSPS) is 16.6. The van der Waals surface area contributed by atoms with Gasteiger partial charge in [-0.05, 0) is 22.9 Å². The molecule has 2 aromatic heterocycles. The lowest BCUT2D eigenvalue weighted by molar-refractivity contribution is 0.0657. The standard InChI is InChI=1S/C20H22N4O2S/c1-14(2)12-24-20(26)23-10-9-22(19(25)16-8-11-27-13-16)17(18(23)21-24)15-6-4-3-5-7-15/h3-8,11,13-14,17H,9-10,12H2,1-2H3. The van der Waals surface area contributed by atoms with Gasteiger partial charge in [0.1, 0.15) is 6.04 Å². The minimum absolute atomic E-state index is 0.0257. The number of aromatic nitrogens is 3. The summed E-state index contributed by atoms with van der Waals surface area (Å²) in [6.45, 7) is 5.64. The maximum Gasteiger partial charge on any atom is 0.346 e. The molecule has 3 heterocycles. The number of benzene rings is 1. The number of carbonyl (C=O) groups is 1. The summed E-state index contributed by atoms with van der Waals surface area (Å²) in [6.07, 6.45) is 0. The van der Waals surface area contributed by atoms with Crippen molar-refractivity contribution in [3.05, 3.63) is 74.6 Å². The van der Waals surface area contributed by atoms with E-state index in [0.717, 1.165) is 5.56 Å². The number of thiophene rings is 1. The van der Waals surface area contributed by atoms with Gasteiger partial charge in [0.2, 0.25) is 0 Å². The van der Waals surface area contributed by atoms with E-state index in [2.05, 4.69) is 18.9 Å². The van der Waals surface area contributed by atoms with Crippen molar-refractivity contribution in [1.82, 2.24) is 19.2 Å². The molecule has 0 N–H and O–H groups in total. The second-order valence-electron chi connectivity index (χ2n) is 7.19. The van der Waals surface area contributed by atoms with Gasteiger partial charge in [0.25, 0.3) is 5.91 Å². The topological polar surface area (TPSA) is 60.1 Å². The van der Waals surface area contributed by atoms with Crippen LogP contribution in [-0.4, -0.2) is 31.7 Å². The maximum atomic E-state index is 13.1. The van der Waals surface area contributed by atoms with Gasteiger partial charge in [-0.2, -0.15) is 16.4 Å². The Bertz CT molecular complexity index is 989. The van der Waals surface area contributed by atoms with Crippen LogP contribution in [0.25, 0.3) is 0 Å². The monoisotopic (exact) mass is 382 g/mol. The van der Waals surface area contributed by atoms with E-state index in [9.17, 15) is 9.59 Å². The Morgan fingerprint density at radius 1 is 1.22 bits per heavy atom. The van der Waals surface area contributed by atoms with Crippen LogP contribution in [-0.2, 0) is 13.1 Å². The molecular formula is C20H22N4O2S. The molecule has 1 aromatic carbocycles. The van der Waals surface area contributed by atoms with Gasteiger partial charge in [0.05, 0.1) is 5.56 Å². The number of fused-ring (bicyclic) bond motifs is 1. The van der Waals surface area contributed by atoms with Crippen LogP contribution in [0.1, 0.15) is 41.6 Å². The zero-order valence-corrected chi connectivity index (χ0v) is 16.2. The summed E-state index contributed by atoms with van der Waals surface area (Å²) in [5, 5.41) is 8.41. The lowest BCUT2D eigenvalue weighted by atomic mass is 10.0. The van der Waals surface area contributed by atoms with Crippen LogP contribution in [0, 0.1) is 5.92 Å². The Labute approximate surface area is 161 Å². The van der Waals surface area contributed by atoms with Gasteiger partial charge in [-0.15, -0.1) is 0 Å². The molecule has 0 aliphatic carbocycles. The van der Waals surface area contributed by atoms with Crippen LogP contribution in [0.5, 0.6) is 0 Å². The van der Waals surface area contributed by atoms with E-state index in [-0.39, 0.29) is 17.6 Å². The van der Waals surface area contributed by atoms with Gasteiger partial charge in [-0.3, -0.25) is 9.36 Å². The fraction of sp³-hybridized carbons (Fsp3) is 0.350. The van der Waals surface area contributed by atoms with Crippen molar-refractivity contribution in [2.75, 3.05) is 6.54 Å². The second-order valence-corrected chi connectivity index (χ2v) is 7.97. The third kappa shape index (κ3) is 3.23. The molecule has 0 saturated heterocycles. The highest BCUT2D eigenvalue weighted by Gasteiger charge is 2.36. The Morgan fingerprint density at radius 2 is 2.00 bits per heavy atom. The Hall–Kier alpha value is -2.67. The number of carbonyl (C=O) groups excluding carboxylic acids is 1. The summed E-state index contributed by atoms with van der Waals surface area (Å²) in [7, 11) is 0. The van der Waals surface area contributed by atoms with Gasteiger partial charge in [-0.1, -0.05) is 44.2 Å². The fourth-order valence-electron chi connectivity index (χ4n) is 3.55. The molecule has 0 saturated carbocycles. The highest BCUT2D eigenvalue weighted by molar-refractivity contribution is 7.08. The predicted octanol–water partition coefficient (Wildman–Crippen LogP) is 3.01. The quantitative estimate of drug-likeness (QED) is 0.697. The van der Waals surface area contributed by atoms with Gasteiger partial charge < -0.3 is 4.90 Å². The molecule has 1 aliphatic rings. The Balaban J connectivity index is 1.82. The van der Waals surface area contributed by atoms with E-state index in [1.807, 2.05) is 52.1 Å². The molecule has 0 fully saturated rings. The van der Waals surface area contributed by atoms with E-state index in [1.54, 1.807) is 4.57 Å². The predicted molar refractivity (Wildman–Crippen MR) is 105 cm³/mol. The zero-order chi connectivity index (χ0) is 19.0. The molecule has 0 spiro atoms. The molecule has 27 heavy (non-hydrogen) atoms. The van der Waals surface area contributed by atoms with Crippen molar-refractivity contribution in [3.63, 3.8) is 0 Å². The molecule has 0 bridgehead atoms. The molecule has 1 amide bonds. The minimum Gasteiger partial charge on any atom is -0.322 e. The van der Waals surface area contributed by atoms with E-state index in [0.29, 0.717) is 36.9 Å². The first kappa shape index (κ1) is 17.7. The largest absolute Gasteiger partial charge is 0.346 e. The fourth-order valence-corrected chi connectivity index (χ4v) is 4.18. The number of nitrogens with zero attached hydrogens (tertiary/aromatic N) is 4. The molecule has 7 heteroatoms. The first-order chi connectivity index (χ1) is 13.1. The Kier molecular flexibility index (Phi) is 4.70. The minimum atomic E-state index is -0.367. The van der Waals surface area contributed by atoms with Crippen LogP contribution in [0.4, 0.5) is 0 Å². The molecule has 1 aliphatic heterocycles. The maximum absolute atomic E-state index is 13.1. The second kappa shape index (κ2) is 7.15. The summed E-state index contributed by atoms with van der Waals surface area (Å²) >= 11 is 1.51. The molecule has 140 valence electrons. The third-order valence-electron chi connectivity index (χ3n) is 4.75. The van der Waals surface area contributed by atoms with Crippen molar-refractivity contribution in [2.24, 2.45) is 5.92 Å². The smallest absolute Gasteiger partial charge is 0.322 e. The third-order valence-corrected chi connectivity index (χ3v) is 5.44. The van der Waals surface area contributed by atoms with Gasteiger partial charge in [0.15, 0.2) is 5.82 Å². The van der Waals surface area contributed by atoms with Crippen molar-refractivity contribution < 1.29 is 4.79 Å². The van der Waals surface area contributed by atoms with Gasteiger partial charge in [-0.25, -0.2) is 9.48 Å². The summed E-state index contributed by atoms with van der Waals surface area (Å²) in [5.74, 6) is 0.933. The highest BCUT2D eigenvalue weighted by atomic mass is 32.1. The van der Waals surface area contributed by atoms with Crippen molar-refractivity contribution in [1.29, 1.82) is 0 Å². The van der Waals surface area contributed by atoms with Crippen LogP contribution in [0.3, 0.4) is 0 Å². The molecule has 3 aromatic rings. The van der Waals surface area contributed by atoms with E-state index >= 15 is 0 Å². The number of amides is 1. The lowest BCUT2D eigenvalue weighted by Gasteiger charge is -2.35. The highest BCUT2D eigenvalue weighted by Crippen LogP contribution is 2.31. The number of hydrogen-bond acceptors (Lipinski definition) is 4. The summed E-state index contributed by atoms with van der Waals surface area (Å²) in [4.78, 5) is 27.8. The molecule has 1 atom stereocenters. The molecule has 0 radical (unpaired) electrons. The summed E-state index contributed by atoms with van der Waals surface area (Å²) in [5.41, 5.74) is 1.55. The Morgan fingerprint density at radius 3 is 2.67 bits per heavy atom. The first-order valence-electron chi connectivity index (χ1n) is 9.12. The van der Waals surface area contributed by atoms with E-state index in [1.165, 1.54) is 16.0 Å². The first-order valence-corrected chi connectivity index (χ1v) is 10.1. The van der Waals surface area contributed by atoms with E-state index < -0.39 is 0 Å². The molecule has 1 unspecified atom stereocenters. The molecule has 6 nitrogen and oxygen atoms in total. The van der Waals surface area contributed by atoms with Crippen molar-refractivity contribution in [3.8, 4) is 0 Å². The number of hydrogen-bond donors (Lipinski definition) is 0. The SMILES string of the molecule is CC(C)Cn1nc2n(c1=O)CCN(C(=O)c1ccsc1)C2c1ccccc1.